The van der Waals surface area contributed by atoms with Crippen LogP contribution in [0.4, 0.5) is 4.39 Å². The van der Waals surface area contributed by atoms with Gasteiger partial charge in [-0.1, -0.05) is 0 Å². The Balaban J connectivity index is 2.58. The molecular formula is C12H10FNO. The molecule has 0 saturated carbocycles. The lowest BCUT2D eigenvalue weighted by Crippen LogP contribution is -2.04. The summed E-state index contributed by atoms with van der Waals surface area (Å²) >= 11 is 0. The van der Waals surface area contributed by atoms with Gasteiger partial charge in [-0.15, -0.1) is 0 Å². The molecule has 1 aromatic heterocycles. The number of pyridine rings is 1. The largest absolute Gasteiger partial charge is 0.350 e. The van der Waals surface area contributed by atoms with Gasteiger partial charge in [-0.2, -0.15) is 0 Å². The van der Waals surface area contributed by atoms with Crippen LogP contribution in [0.1, 0.15) is 0 Å². The van der Waals surface area contributed by atoms with E-state index in [-0.39, 0.29) is 11.2 Å². The number of halogens is 1. The molecule has 0 amide bonds. The molecule has 0 aliphatic heterocycles. The second kappa shape index (κ2) is 3.69. The van der Waals surface area contributed by atoms with Crippen LogP contribution < -0.4 is 5.43 Å². The Morgan fingerprint density at radius 2 is 1.80 bits per heavy atom. The van der Waals surface area contributed by atoms with Crippen LogP contribution in [0.5, 0.6) is 0 Å². The van der Waals surface area contributed by atoms with Crippen molar-refractivity contribution in [2.75, 3.05) is 0 Å². The van der Waals surface area contributed by atoms with Gasteiger partial charge in [0.2, 0.25) is 0 Å². The van der Waals surface area contributed by atoms with Crippen LogP contribution in [0.15, 0.2) is 47.4 Å². The highest BCUT2D eigenvalue weighted by Gasteiger charge is 2.01. The number of aromatic nitrogens is 1. The molecule has 2 nitrogen and oxygen atoms in total. The van der Waals surface area contributed by atoms with Crippen molar-refractivity contribution in [2.24, 2.45) is 7.05 Å². The second-order valence-electron chi connectivity index (χ2n) is 3.37. The summed E-state index contributed by atoms with van der Waals surface area (Å²) in [6.45, 7) is 0. The quantitative estimate of drug-likeness (QED) is 0.696. The number of aryl methyl sites for hydroxylation is 1. The van der Waals surface area contributed by atoms with E-state index in [1.165, 1.54) is 24.3 Å². The summed E-state index contributed by atoms with van der Waals surface area (Å²) in [6, 6.07) is 9.11. The van der Waals surface area contributed by atoms with E-state index in [4.69, 9.17) is 0 Å². The van der Waals surface area contributed by atoms with Crippen LogP contribution in [0.3, 0.4) is 0 Å². The molecule has 76 valence electrons. The molecule has 0 unspecified atom stereocenters. The van der Waals surface area contributed by atoms with Crippen LogP contribution in [0.2, 0.25) is 0 Å². The minimum Gasteiger partial charge on any atom is -0.350 e. The van der Waals surface area contributed by atoms with E-state index in [9.17, 15) is 9.18 Å². The van der Waals surface area contributed by atoms with Gasteiger partial charge >= 0.3 is 0 Å². The number of rotatable bonds is 1. The summed E-state index contributed by atoms with van der Waals surface area (Å²) in [5.41, 5.74) is 1.56. The summed E-state index contributed by atoms with van der Waals surface area (Å²) in [5.74, 6) is -0.278. The molecule has 0 saturated heterocycles. The van der Waals surface area contributed by atoms with E-state index in [1.807, 2.05) is 11.6 Å². The van der Waals surface area contributed by atoms with Crippen LogP contribution in [0.25, 0.3) is 11.3 Å². The van der Waals surface area contributed by atoms with Crippen molar-refractivity contribution in [3.63, 3.8) is 0 Å². The zero-order valence-electron chi connectivity index (χ0n) is 8.27. The average Bonchev–Trinajstić information content (AvgIpc) is 2.23. The molecule has 2 aromatic rings. The first-order valence-electron chi connectivity index (χ1n) is 4.59. The molecule has 0 aliphatic rings. The Morgan fingerprint density at radius 3 is 2.47 bits per heavy atom. The molecule has 0 aliphatic carbocycles. The van der Waals surface area contributed by atoms with E-state index in [1.54, 1.807) is 18.3 Å². The van der Waals surface area contributed by atoms with Crippen molar-refractivity contribution in [3.8, 4) is 11.3 Å². The number of benzene rings is 1. The third-order valence-corrected chi connectivity index (χ3v) is 2.26. The third-order valence-electron chi connectivity index (χ3n) is 2.26. The van der Waals surface area contributed by atoms with Gasteiger partial charge in [0.15, 0.2) is 5.43 Å². The maximum Gasteiger partial charge on any atom is 0.182 e. The molecule has 0 spiro atoms. The molecule has 1 heterocycles. The van der Waals surface area contributed by atoms with Crippen molar-refractivity contribution in [1.82, 2.24) is 4.57 Å². The topological polar surface area (TPSA) is 22.0 Å². The lowest BCUT2D eigenvalue weighted by atomic mass is 10.1. The van der Waals surface area contributed by atoms with Gasteiger partial charge in [0, 0.05) is 25.4 Å². The first-order chi connectivity index (χ1) is 7.16. The molecule has 0 radical (unpaired) electrons. The van der Waals surface area contributed by atoms with Gasteiger partial charge in [-0.3, -0.25) is 4.79 Å². The summed E-state index contributed by atoms with van der Waals surface area (Å²) in [6.07, 6.45) is 1.70. The lowest BCUT2D eigenvalue weighted by Gasteiger charge is -2.07. The molecule has 0 bridgehead atoms. The van der Waals surface area contributed by atoms with Crippen molar-refractivity contribution in [2.45, 2.75) is 0 Å². The summed E-state index contributed by atoms with van der Waals surface area (Å²) in [7, 11) is 1.85. The fourth-order valence-electron chi connectivity index (χ4n) is 1.46. The minimum atomic E-state index is -0.278. The third kappa shape index (κ3) is 1.96. The van der Waals surface area contributed by atoms with Gasteiger partial charge in [-0.25, -0.2) is 4.39 Å². The van der Waals surface area contributed by atoms with Gasteiger partial charge < -0.3 is 4.57 Å². The Morgan fingerprint density at radius 1 is 1.13 bits per heavy atom. The monoisotopic (exact) mass is 203 g/mol. The minimum absolute atomic E-state index is 0.0487. The summed E-state index contributed by atoms with van der Waals surface area (Å²) < 4.78 is 14.5. The van der Waals surface area contributed by atoms with E-state index < -0.39 is 0 Å². The van der Waals surface area contributed by atoms with Crippen LogP contribution in [-0.4, -0.2) is 4.57 Å². The van der Waals surface area contributed by atoms with Crippen molar-refractivity contribution < 1.29 is 4.39 Å². The summed E-state index contributed by atoms with van der Waals surface area (Å²) in [4.78, 5) is 11.2. The van der Waals surface area contributed by atoms with Crippen LogP contribution >= 0.6 is 0 Å². The zero-order valence-corrected chi connectivity index (χ0v) is 8.27. The Kier molecular flexibility index (Phi) is 2.37. The number of hydrogen-bond acceptors (Lipinski definition) is 1. The standard InChI is InChI=1S/C12H10FNO/c1-14-7-6-11(15)8-12(14)9-2-4-10(13)5-3-9/h2-8H,1H3. The van der Waals surface area contributed by atoms with Gasteiger partial charge in [-0.05, 0) is 29.8 Å². The molecule has 0 fully saturated rings. The maximum atomic E-state index is 12.7. The SMILES string of the molecule is Cn1ccc(=O)cc1-c1ccc(F)cc1. The Labute approximate surface area is 86.6 Å². The molecular weight excluding hydrogens is 193 g/mol. The van der Waals surface area contributed by atoms with E-state index in [2.05, 4.69) is 0 Å². The molecule has 0 N–H and O–H groups in total. The first kappa shape index (κ1) is 9.65. The smallest absolute Gasteiger partial charge is 0.182 e. The lowest BCUT2D eigenvalue weighted by molar-refractivity contribution is 0.628. The predicted octanol–water partition coefficient (Wildman–Crippen LogP) is 2.19. The van der Waals surface area contributed by atoms with Gasteiger partial charge in [0.1, 0.15) is 5.82 Å². The van der Waals surface area contributed by atoms with Crippen molar-refractivity contribution >= 4 is 0 Å². The number of nitrogens with zero attached hydrogens (tertiary/aromatic N) is 1. The maximum absolute atomic E-state index is 12.7. The Hall–Kier alpha value is -1.90. The van der Waals surface area contributed by atoms with Crippen molar-refractivity contribution in [1.29, 1.82) is 0 Å². The van der Waals surface area contributed by atoms with E-state index in [0.29, 0.717) is 0 Å². The molecule has 2 rings (SSSR count). The van der Waals surface area contributed by atoms with E-state index >= 15 is 0 Å². The number of hydrogen-bond donors (Lipinski definition) is 0. The van der Waals surface area contributed by atoms with Crippen LogP contribution in [0, 0.1) is 5.82 Å². The molecule has 3 heteroatoms. The highest BCUT2D eigenvalue weighted by Crippen LogP contribution is 2.16. The molecule has 0 atom stereocenters. The fraction of sp³-hybridized carbons (Fsp3) is 0.0833. The van der Waals surface area contributed by atoms with Gasteiger partial charge in [0.25, 0.3) is 0 Å². The van der Waals surface area contributed by atoms with E-state index in [0.717, 1.165) is 11.3 Å². The fourth-order valence-corrected chi connectivity index (χ4v) is 1.46. The average molecular weight is 203 g/mol. The Bertz CT molecular complexity index is 528. The zero-order chi connectivity index (χ0) is 10.8. The highest BCUT2D eigenvalue weighted by atomic mass is 19.1. The second-order valence-corrected chi connectivity index (χ2v) is 3.37. The predicted molar refractivity (Wildman–Crippen MR) is 57.1 cm³/mol. The first-order valence-corrected chi connectivity index (χ1v) is 4.59. The van der Waals surface area contributed by atoms with Crippen molar-refractivity contribution in [3.05, 3.63) is 58.6 Å². The molecule has 15 heavy (non-hydrogen) atoms. The molecule has 1 aromatic carbocycles. The van der Waals surface area contributed by atoms with Gasteiger partial charge in [0.05, 0.1) is 5.69 Å². The highest BCUT2D eigenvalue weighted by molar-refractivity contribution is 5.59. The summed E-state index contributed by atoms with van der Waals surface area (Å²) in [5, 5.41) is 0. The van der Waals surface area contributed by atoms with Crippen LogP contribution in [-0.2, 0) is 7.05 Å². The normalized spacial score (nSPS) is 10.3.